The van der Waals surface area contributed by atoms with Crippen LogP contribution in [0.1, 0.15) is 70.6 Å². The lowest BCUT2D eigenvalue weighted by Gasteiger charge is -1.99. The number of hydrogen-bond acceptors (Lipinski definition) is 2. The average Bonchev–Trinajstić information content (AvgIpc) is 2.22. The first kappa shape index (κ1) is 12.4. The van der Waals surface area contributed by atoms with Crippen molar-refractivity contribution in [2.45, 2.75) is 70.6 Å². The summed E-state index contributed by atoms with van der Waals surface area (Å²) < 4.78 is 0. The molecular weight excluding hydrogens is 188 g/mol. The Kier molecular flexibility index (Phi) is 6.29. The van der Waals surface area contributed by atoms with Crippen LogP contribution in [0.3, 0.4) is 0 Å². The predicted octanol–water partition coefficient (Wildman–Crippen LogP) is 3.43. The molecule has 0 spiro atoms. The van der Waals surface area contributed by atoms with E-state index in [-0.39, 0.29) is 0 Å². The van der Waals surface area contributed by atoms with Crippen LogP contribution in [0.4, 0.5) is 0 Å². The summed E-state index contributed by atoms with van der Waals surface area (Å²) in [6.45, 7) is 0. The number of Topliss-reactive ketones (excluding diaryl/α,β-unsaturated/α-hetero) is 2. The molecule has 0 radical (unpaired) electrons. The van der Waals surface area contributed by atoms with Gasteiger partial charge in [0.05, 0.1) is 0 Å². The molecule has 0 bridgehead atoms. The molecule has 0 unspecified atom stereocenters. The number of ketones is 2. The zero-order valence-electron chi connectivity index (χ0n) is 9.59. The maximum absolute atomic E-state index is 11.4. The van der Waals surface area contributed by atoms with Gasteiger partial charge in [0, 0.05) is 25.7 Å². The van der Waals surface area contributed by atoms with Crippen molar-refractivity contribution < 1.29 is 9.59 Å². The van der Waals surface area contributed by atoms with Gasteiger partial charge in [-0.1, -0.05) is 25.7 Å². The molecule has 0 aromatic carbocycles. The summed E-state index contributed by atoms with van der Waals surface area (Å²) in [7, 11) is 0. The average molecular weight is 210 g/mol. The fourth-order valence-electron chi connectivity index (χ4n) is 2.08. The topological polar surface area (TPSA) is 34.1 Å². The van der Waals surface area contributed by atoms with Crippen LogP contribution in [-0.4, -0.2) is 11.6 Å². The monoisotopic (exact) mass is 210 g/mol. The molecule has 2 nitrogen and oxygen atoms in total. The van der Waals surface area contributed by atoms with E-state index >= 15 is 0 Å². The van der Waals surface area contributed by atoms with E-state index < -0.39 is 0 Å². The number of rotatable bonds is 0. The van der Waals surface area contributed by atoms with Gasteiger partial charge in [0.2, 0.25) is 0 Å². The third kappa shape index (κ3) is 6.43. The quantitative estimate of drug-likeness (QED) is 0.614. The van der Waals surface area contributed by atoms with Crippen molar-refractivity contribution >= 4 is 11.6 Å². The molecule has 0 heterocycles. The van der Waals surface area contributed by atoms with Crippen molar-refractivity contribution in [2.75, 3.05) is 0 Å². The molecule has 0 saturated heterocycles. The minimum absolute atomic E-state index is 0.349. The van der Waals surface area contributed by atoms with Crippen LogP contribution in [0.2, 0.25) is 0 Å². The van der Waals surface area contributed by atoms with Crippen molar-refractivity contribution in [3.63, 3.8) is 0 Å². The second-order valence-corrected chi connectivity index (χ2v) is 4.55. The molecule has 0 N–H and O–H groups in total. The van der Waals surface area contributed by atoms with Crippen LogP contribution >= 0.6 is 0 Å². The smallest absolute Gasteiger partial charge is 0.132 e. The van der Waals surface area contributed by atoms with Crippen molar-refractivity contribution in [1.82, 2.24) is 0 Å². The van der Waals surface area contributed by atoms with Gasteiger partial charge in [-0.25, -0.2) is 0 Å². The molecule has 1 saturated carbocycles. The van der Waals surface area contributed by atoms with Crippen LogP contribution in [0.25, 0.3) is 0 Å². The van der Waals surface area contributed by atoms with E-state index in [1.165, 1.54) is 25.7 Å². The summed E-state index contributed by atoms with van der Waals surface area (Å²) in [5.74, 6) is 0.698. The second-order valence-electron chi connectivity index (χ2n) is 4.55. The Morgan fingerprint density at radius 1 is 0.467 bits per heavy atom. The van der Waals surface area contributed by atoms with Gasteiger partial charge < -0.3 is 0 Å². The first-order chi connectivity index (χ1) is 7.29. The zero-order valence-corrected chi connectivity index (χ0v) is 9.59. The summed E-state index contributed by atoms with van der Waals surface area (Å²) in [5, 5.41) is 0. The summed E-state index contributed by atoms with van der Waals surface area (Å²) in [6.07, 6.45) is 10.4. The van der Waals surface area contributed by atoms with Crippen LogP contribution in [0, 0.1) is 0 Å². The Morgan fingerprint density at radius 2 is 0.800 bits per heavy atom. The van der Waals surface area contributed by atoms with Crippen LogP contribution in [0.15, 0.2) is 0 Å². The van der Waals surface area contributed by atoms with Crippen molar-refractivity contribution in [2.24, 2.45) is 0 Å². The van der Waals surface area contributed by atoms with E-state index in [9.17, 15) is 9.59 Å². The van der Waals surface area contributed by atoms with Gasteiger partial charge in [-0.05, 0) is 19.3 Å². The summed E-state index contributed by atoms with van der Waals surface area (Å²) in [5.41, 5.74) is 0. The molecule has 1 rings (SSSR count). The first-order valence-corrected chi connectivity index (χ1v) is 6.32. The third-order valence-electron chi connectivity index (χ3n) is 3.07. The number of hydrogen-bond donors (Lipinski definition) is 0. The highest BCUT2D eigenvalue weighted by Crippen LogP contribution is 2.13. The van der Waals surface area contributed by atoms with Crippen LogP contribution in [-0.2, 0) is 9.59 Å². The molecule has 1 aliphatic rings. The molecule has 1 fully saturated rings. The highest BCUT2D eigenvalue weighted by atomic mass is 16.1. The maximum Gasteiger partial charge on any atom is 0.132 e. The van der Waals surface area contributed by atoms with Gasteiger partial charge in [0.25, 0.3) is 0 Å². The standard InChI is InChI=1S/C13H22O2/c14-12-8-5-3-1-2-4-6-9-13(15)11-7-10-12/h1-11H2. The lowest BCUT2D eigenvalue weighted by Crippen LogP contribution is -2.01. The van der Waals surface area contributed by atoms with Crippen molar-refractivity contribution in [1.29, 1.82) is 0 Å². The predicted molar refractivity (Wildman–Crippen MR) is 60.8 cm³/mol. The van der Waals surface area contributed by atoms with Crippen molar-refractivity contribution in [3.05, 3.63) is 0 Å². The SMILES string of the molecule is O=C1CCCCCCCCC(=O)CCC1. The number of carbonyl (C=O) groups is 2. The highest BCUT2D eigenvalue weighted by Gasteiger charge is 2.06. The van der Waals surface area contributed by atoms with Crippen LogP contribution < -0.4 is 0 Å². The molecular formula is C13H22O2. The van der Waals surface area contributed by atoms with Gasteiger partial charge in [-0.15, -0.1) is 0 Å². The molecule has 1 aliphatic carbocycles. The normalized spacial score (nSPS) is 22.7. The van der Waals surface area contributed by atoms with E-state index in [2.05, 4.69) is 0 Å². The van der Waals surface area contributed by atoms with E-state index in [0.717, 1.165) is 32.1 Å². The fourth-order valence-corrected chi connectivity index (χ4v) is 2.08. The van der Waals surface area contributed by atoms with Gasteiger partial charge in [0.15, 0.2) is 0 Å². The molecule has 15 heavy (non-hydrogen) atoms. The Labute approximate surface area is 92.4 Å². The second kappa shape index (κ2) is 7.61. The lowest BCUT2D eigenvalue weighted by atomic mass is 10.0. The first-order valence-electron chi connectivity index (χ1n) is 6.32. The van der Waals surface area contributed by atoms with E-state index in [4.69, 9.17) is 0 Å². The minimum Gasteiger partial charge on any atom is -0.300 e. The van der Waals surface area contributed by atoms with Crippen LogP contribution in [0.5, 0.6) is 0 Å². The van der Waals surface area contributed by atoms with Gasteiger partial charge >= 0.3 is 0 Å². The van der Waals surface area contributed by atoms with E-state index in [1.807, 2.05) is 0 Å². The largest absolute Gasteiger partial charge is 0.300 e. The Morgan fingerprint density at radius 3 is 1.27 bits per heavy atom. The van der Waals surface area contributed by atoms with E-state index in [0.29, 0.717) is 24.4 Å². The zero-order chi connectivity index (χ0) is 10.9. The fraction of sp³-hybridized carbons (Fsp3) is 0.846. The molecule has 2 heteroatoms. The van der Waals surface area contributed by atoms with Crippen molar-refractivity contribution in [3.8, 4) is 0 Å². The molecule has 86 valence electrons. The molecule has 0 aliphatic heterocycles. The molecule has 0 aromatic rings. The summed E-state index contributed by atoms with van der Waals surface area (Å²) in [6, 6.07) is 0. The third-order valence-corrected chi connectivity index (χ3v) is 3.07. The van der Waals surface area contributed by atoms with Gasteiger partial charge in [-0.3, -0.25) is 9.59 Å². The summed E-state index contributed by atoms with van der Waals surface area (Å²) in [4.78, 5) is 22.8. The highest BCUT2D eigenvalue weighted by molar-refractivity contribution is 5.81. The minimum atomic E-state index is 0.349. The Bertz CT molecular complexity index is 187. The Hall–Kier alpha value is -0.660. The maximum atomic E-state index is 11.4. The molecule has 0 atom stereocenters. The summed E-state index contributed by atoms with van der Waals surface area (Å²) >= 11 is 0. The Balaban J connectivity index is 2.27. The number of carbonyl (C=O) groups excluding carboxylic acids is 2. The molecule has 0 aromatic heterocycles. The van der Waals surface area contributed by atoms with E-state index in [1.54, 1.807) is 0 Å². The van der Waals surface area contributed by atoms with Gasteiger partial charge in [0.1, 0.15) is 11.6 Å². The molecule has 0 amide bonds. The lowest BCUT2D eigenvalue weighted by molar-refractivity contribution is -0.120. The van der Waals surface area contributed by atoms with Gasteiger partial charge in [-0.2, -0.15) is 0 Å².